The standard InChI is InChI=1S/C30H40N2.2C11H23.Ni/c1-5-8-11-14-28-23(4)29(26-19-15-24(16-20-26)12-9-6-2)32(31)30(28)27-21-17-25(18-22-27)13-10-7-3;2*1-3-5-7-9-11-10-8-6-4-2;/h15-22H,5-14H2,1-4H3;2*1,3-11H2,2H3;/q;2*-1;+2. The second-order valence-corrected chi connectivity index (χ2v) is 15.8. The van der Waals surface area contributed by atoms with E-state index in [1.165, 1.54) is 168 Å². The van der Waals surface area contributed by atoms with E-state index in [1.807, 2.05) is 0 Å². The number of hydrogen-bond donors (Lipinski definition) is 0. The minimum Gasteiger partial charge on any atom is -0.493 e. The van der Waals surface area contributed by atoms with Crippen molar-refractivity contribution < 1.29 is 21.2 Å². The first kappa shape index (κ1) is 53.0. The second kappa shape index (κ2) is 36.4. The van der Waals surface area contributed by atoms with Gasteiger partial charge in [-0.15, -0.1) is 0 Å². The topological polar surface area (TPSA) is 25.3 Å². The molecule has 0 unspecified atom stereocenters. The number of rotatable bonds is 28. The maximum atomic E-state index is 11.4. The molecule has 0 radical (unpaired) electrons. The molecule has 0 saturated carbocycles. The fraction of sp³-hybridized carbons (Fsp3) is 0.654. The van der Waals surface area contributed by atoms with E-state index >= 15 is 0 Å². The smallest absolute Gasteiger partial charge is 0.493 e. The first-order valence-corrected chi connectivity index (χ1v) is 23.1. The molecule has 2 aromatic rings. The fourth-order valence-electron chi connectivity index (χ4n) is 7.25. The summed E-state index contributed by atoms with van der Waals surface area (Å²) in [5.41, 5.74) is 20.7. The van der Waals surface area contributed by atoms with Gasteiger partial charge >= 0.3 is 16.5 Å². The Hall–Kier alpha value is -1.99. The third-order valence-electron chi connectivity index (χ3n) is 10.8. The number of hydrogen-bond acceptors (Lipinski definition) is 0. The predicted molar refractivity (Wildman–Crippen MR) is 243 cm³/mol. The molecule has 0 amide bonds. The van der Waals surface area contributed by atoms with Crippen LogP contribution in [0, 0.1) is 13.8 Å². The Labute approximate surface area is 353 Å². The second-order valence-electron chi connectivity index (χ2n) is 15.8. The summed E-state index contributed by atoms with van der Waals surface area (Å²) in [6, 6.07) is 17.6. The van der Waals surface area contributed by atoms with E-state index in [9.17, 15) is 5.53 Å². The summed E-state index contributed by atoms with van der Waals surface area (Å²) in [7, 11) is 0. The molecule has 0 bridgehead atoms. The minimum absolute atomic E-state index is 0. The van der Waals surface area contributed by atoms with Crippen LogP contribution >= 0.6 is 0 Å². The van der Waals surface area contributed by atoms with Gasteiger partial charge in [-0.25, -0.2) is 4.70 Å². The van der Waals surface area contributed by atoms with Crippen LogP contribution in [0.3, 0.4) is 0 Å². The van der Waals surface area contributed by atoms with Crippen LogP contribution in [0.4, 0.5) is 0 Å². The van der Waals surface area contributed by atoms with Gasteiger partial charge in [0, 0.05) is 22.3 Å². The first-order chi connectivity index (χ1) is 26.4. The number of allylic oxidation sites excluding steroid dienone is 2. The zero-order valence-corrected chi connectivity index (χ0v) is 38.0. The summed E-state index contributed by atoms with van der Waals surface area (Å²) in [6.45, 7) is 21.1. The molecule has 2 aromatic carbocycles. The van der Waals surface area contributed by atoms with Crippen LogP contribution in [0.15, 0.2) is 59.7 Å². The van der Waals surface area contributed by atoms with Gasteiger partial charge < -0.3 is 19.4 Å². The summed E-state index contributed by atoms with van der Waals surface area (Å²) >= 11 is 0. The van der Waals surface area contributed by atoms with E-state index in [0.717, 1.165) is 61.0 Å². The SMILES string of the molecule is CCCCCC1=C(c2ccc(CCCC)cc2)[N+](=[N-])C(c2ccc(CCCC)cc2)=C1C.[CH2-]CCCCCCCCCC.[CH2-]CCCCCCCCCC.[Ni+2]. The van der Waals surface area contributed by atoms with Gasteiger partial charge in [-0.1, -0.05) is 187 Å². The average molecular weight is 798 g/mol. The predicted octanol–water partition coefficient (Wildman–Crippen LogP) is 17.8. The number of aryl methyl sites for hydroxylation is 2. The van der Waals surface area contributed by atoms with Crippen LogP contribution < -0.4 is 0 Å². The zero-order chi connectivity index (χ0) is 39.7. The molecule has 3 heteroatoms. The van der Waals surface area contributed by atoms with Gasteiger partial charge in [-0.05, 0) is 80.8 Å². The molecule has 1 aliphatic rings. The monoisotopic (exact) mass is 797 g/mol. The van der Waals surface area contributed by atoms with Crippen LogP contribution in [0.1, 0.15) is 231 Å². The average Bonchev–Trinajstić information content (AvgIpc) is 3.44. The van der Waals surface area contributed by atoms with E-state index in [4.69, 9.17) is 0 Å². The number of unbranched alkanes of at least 4 members (excludes halogenated alkanes) is 20. The summed E-state index contributed by atoms with van der Waals surface area (Å²) in [6.07, 6.45) is 36.5. The minimum atomic E-state index is 0. The van der Waals surface area contributed by atoms with Gasteiger partial charge in [0.2, 0.25) is 11.4 Å². The van der Waals surface area contributed by atoms with E-state index in [2.05, 4.69) is 104 Å². The molecule has 1 aliphatic heterocycles. The molecule has 0 aliphatic carbocycles. The van der Waals surface area contributed by atoms with Gasteiger partial charge in [-0.2, -0.15) is 12.8 Å². The van der Waals surface area contributed by atoms with Crippen LogP contribution in [0.25, 0.3) is 16.9 Å². The van der Waals surface area contributed by atoms with E-state index in [1.54, 1.807) is 0 Å². The van der Waals surface area contributed by atoms with E-state index in [-0.39, 0.29) is 16.5 Å². The van der Waals surface area contributed by atoms with Gasteiger partial charge in [-0.3, -0.25) is 0 Å². The molecule has 0 atom stereocenters. The molecule has 0 saturated heterocycles. The van der Waals surface area contributed by atoms with E-state index < -0.39 is 0 Å². The molecule has 314 valence electrons. The zero-order valence-electron chi connectivity index (χ0n) is 37.0. The molecule has 0 aromatic heterocycles. The molecule has 2 nitrogen and oxygen atoms in total. The molecule has 0 spiro atoms. The quantitative estimate of drug-likeness (QED) is 0.0355. The summed E-state index contributed by atoms with van der Waals surface area (Å²) in [5.74, 6) is 0. The molecule has 3 rings (SSSR count). The van der Waals surface area contributed by atoms with Crippen molar-refractivity contribution in [1.82, 2.24) is 0 Å². The maximum absolute atomic E-state index is 11.4. The van der Waals surface area contributed by atoms with Gasteiger partial charge in [0.1, 0.15) is 0 Å². The van der Waals surface area contributed by atoms with Crippen molar-refractivity contribution in [3.63, 3.8) is 0 Å². The van der Waals surface area contributed by atoms with Crippen LogP contribution in [0.5, 0.6) is 0 Å². The molecule has 1 heterocycles. The van der Waals surface area contributed by atoms with Crippen molar-refractivity contribution in [1.29, 1.82) is 0 Å². The Morgan fingerprint density at radius 1 is 0.418 bits per heavy atom. The Morgan fingerprint density at radius 2 is 0.745 bits per heavy atom. The molecule has 55 heavy (non-hydrogen) atoms. The van der Waals surface area contributed by atoms with Gasteiger partial charge in [0.15, 0.2) is 0 Å². The third-order valence-corrected chi connectivity index (χ3v) is 10.8. The van der Waals surface area contributed by atoms with Crippen molar-refractivity contribution in [2.75, 3.05) is 0 Å². The Kier molecular flexibility index (Phi) is 35.0. The number of benzene rings is 2. The Morgan fingerprint density at radius 3 is 1.11 bits per heavy atom. The van der Waals surface area contributed by atoms with Crippen molar-refractivity contribution in [2.45, 2.75) is 221 Å². The number of nitrogens with zero attached hydrogens (tertiary/aromatic N) is 2. The van der Waals surface area contributed by atoms with Crippen molar-refractivity contribution >= 4 is 11.4 Å². The van der Waals surface area contributed by atoms with Crippen LogP contribution in [-0.4, -0.2) is 4.70 Å². The van der Waals surface area contributed by atoms with Crippen molar-refractivity contribution in [2.24, 2.45) is 0 Å². The summed E-state index contributed by atoms with van der Waals surface area (Å²) in [5, 5.41) is 0. The van der Waals surface area contributed by atoms with Crippen molar-refractivity contribution in [3.8, 4) is 0 Å². The third kappa shape index (κ3) is 23.1. The van der Waals surface area contributed by atoms with Crippen molar-refractivity contribution in [3.05, 3.63) is 101 Å². The van der Waals surface area contributed by atoms with Gasteiger partial charge in [0.05, 0.1) is 0 Å². The molecular weight excluding hydrogens is 711 g/mol. The van der Waals surface area contributed by atoms with Gasteiger partial charge in [0.25, 0.3) is 0 Å². The molecule has 0 fully saturated rings. The Balaban J connectivity index is 0.00000104. The normalized spacial score (nSPS) is 12.3. The maximum Gasteiger partial charge on any atom is 2.00 e. The first-order valence-electron chi connectivity index (χ1n) is 23.1. The molecule has 0 N–H and O–H groups in total. The molecular formula is C52H86N2Ni. The Bertz CT molecular complexity index is 1220. The van der Waals surface area contributed by atoms with Crippen LogP contribution in [-0.2, 0) is 29.3 Å². The largest absolute Gasteiger partial charge is 2.00 e. The summed E-state index contributed by atoms with van der Waals surface area (Å²) < 4.78 is 1.46. The van der Waals surface area contributed by atoms with E-state index in [0.29, 0.717) is 0 Å². The van der Waals surface area contributed by atoms with Crippen LogP contribution in [0.2, 0.25) is 0 Å². The fourth-order valence-corrected chi connectivity index (χ4v) is 7.25. The summed E-state index contributed by atoms with van der Waals surface area (Å²) in [4.78, 5) is 0.